The summed E-state index contributed by atoms with van der Waals surface area (Å²) in [5, 5.41) is 16.0. The Kier molecular flexibility index (Phi) is 11.9. The Balaban J connectivity index is 0.000000968. The van der Waals surface area contributed by atoms with E-state index in [-0.39, 0.29) is 60.6 Å². The lowest BCUT2D eigenvalue weighted by Crippen LogP contribution is -2.34. The summed E-state index contributed by atoms with van der Waals surface area (Å²) in [7, 11) is -3.67. The molecule has 0 spiro atoms. The first-order valence-corrected chi connectivity index (χ1v) is 17.8. The molecule has 3 N–H and O–H groups in total. The quantitative estimate of drug-likeness (QED) is 0.113. The number of non-ortho nitro benzene ring substituents is 1. The van der Waals surface area contributed by atoms with E-state index in [0.29, 0.717) is 24.9 Å². The number of nitro groups is 1. The van der Waals surface area contributed by atoms with Crippen molar-refractivity contribution in [2.45, 2.75) is 30.4 Å². The SMILES string of the molecule is CS(=O)(=O)O.CSC1CC(=O)N(CCC(=O)Nc2ccc3c(c2)C(COC(=O)NCCc2ccc([N+](=O)[O-])cc2)c2ccccc2-3)C1=O. The number of fused-ring (bicyclic) bond motifs is 3. The van der Waals surface area contributed by atoms with Gasteiger partial charge in [-0.25, -0.2) is 4.79 Å². The van der Waals surface area contributed by atoms with Crippen LogP contribution in [0.1, 0.15) is 35.4 Å². The molecule has 0 radical (unpaired) electrons. The van der Waals surface area contributed by atoms with Crippen LogP contribution < -0.4 is 10.6 Å². The van der Waals surface area contributed by atoms with Crippen LogP contribution in [0, 0.1) is 10.1 Å². The predicted molar refractivity (Wildman–Crippen MR) is 179 cm³/mol. The molecule has 254 valence electrons. The van der Waals surface area contributed by atoms with Crippen LogP contribution in [-0.2, 0) is 35.7 Å². The molecule has 48 heavy (non-hydrogen) atoms. The smallest absolute Gasteiger partial charge is 0.407 e. The Morgan fingerprint density at radius 2 is 1.73 bits per heavy atom. The molecule has 2 aliphatic rings. The number of nitrogens with one attached hydrogen (secondary N) is 2. The van der Waals surface area contributed by atoms with Crippen molar-refractivity contribution in [1.29, 1.82) is 0 Å². The molecular weight excluding hydrogens is 665 g/mol. The Morgan fingerprint density at radius 1 is 1.06 bits per heavy atom. The topological polar surface area (TPSA) is 202 Å². The van der Waals surface area contributed by atoms with E-state index in [0.717, 1.165) is 32.7 Å². The van der Waals surface area contributed by atoms with Gasteiger partial charge in [-0.3, -0.25) is 34.0 Å². The molecule has 2 unspecified atom stereocenters. The van der Waals surface area contributed by atoms with Gasteiger partial charge in [0.15, 0.2) is 0 Å². The van der Waals surface area contributed by atoms with Crippen molar-refractivity contribution in [3.8, 4) is 11.1 Å². The maximum Gasteiger partial charge on any atom is 0.407 e. The lowest BCUT2D eigenvalue weighted by Gasteiger charge is -2.16. The molecule has 4 amide bonds. The van der Waals surface area contributed by atoms with E-state index in [1.165, 1.54) is 23.9 Å². The average Bonchev–Trinajstić information content (AvgIpc) is 3.49. The van der Waals surface area contributed by atoms with Gasteiger partial charge in [0.05, 0.1) is 16.4 Å². The van der Waals surface area contributed by atoms with Crippen LogP contribution in [0.15, 0.2) is 66.7 Å². The molecule has 1 aliphatic carbocycles. The fourth-order valence-corrected chi connectivity index (χ4v) is 6.02. The van der Waals surface area contributed by atoms with Crippen LogP contribution in [0.5, 0.6) is 0 Å². The fourth-order valence-electron chi connectivity index (χ4n) is 5.38. The number of imide groups is 1. The first kappa shape index (κ1) is 36.0. The summed E-state index contributed by atoms with van der Waals surface area (Å²) in [4.78, 5) is 61.2. The Labute approximate surface area is 281 Å². The van der Waals surface area contributed by atoms with E-state index < -0.39 is 21.1 Å². The zero-order valence-corrected chi connectivity index (χ0v) is 27.7. The number of amides is 4. The van der Waals surface area contributed by atoms with Crippen LogP contribution in [0.2, 0.25) is 0 Å². The summed E-state index contributed by atoms with van der Waals surface area (Å²) in [6, 6.07) is 19.6. The summed E-state index contributed by atoms with van der Waals surface area (Å²) in [6.45, 7) is 0.421. The third-order valence-corrected chi connectivity index (χ3v) is 8.54. The van der Waals surface area contributed by atoms with Gasteiger partial charge in [-0.15, -0.1) is 0 Å². The van der Waals surface area contributed by atoms with E-state index in [9.17, 15) is 37.7 Å². The van der Waals surface area contributed by atoms with Crippen LogP contribution in [0.3, 0.4) is 0 Å². The normalized spacial score (nSPS) is 16.4. The van der Waals surface area contributed by atoms with Gasteiger partial charge in [-0.05, 0) is 52.6 Å². The molecule has 1 heterocycles. The standard InChI is InChI=1S/C31H30N4O7S.CH4O3S/c1-43-27-17-29(37)34(30(27)38)15-13-28(36)33-20-8-11-24-22-4-2-3-5-23(22)26(25(24)16-20)18-42-31(39)32-14-12-19-6-9-21(10-7-19)35(40)41;1-5(2,3)4/h2-11,16,26-27H,12-15,17-18H2,1H3,(H,32,39)(H,33,36);1H3,(H,2,3,4). The van der Waals surface area contributed by atoms with Crippen molar-refractivity contribution in [2.24, 2.45) is 0 Å². The van der Waals surface area contributed by atoms with E-state index in [1.54, 1.807) is 24.5 Å². The molecule has 3 aromatic carbocycles. The number of carbonyl (C=O) groups is 4. The van der Waals surface area contributed by atoms with Gasteiger partial charge >= 0.3 is 6.09 Å². The van der Waals surface area contributed by atoms with Gasteiger partial charge in [0.2, 0.25) is 17.7 Å². The highest BCUT2D eigenvalue weighted by atomic mass is 32.2. The van der Waals surface area contributed by atoms with E-state index >= 15 is 0 Å². The Hall–Kier alpha value is -4.80. The molecule has 1 fully saturated rings. The van der Waals surface area contributed by atoms with Gasteiger partial charge < -0.3 is 15.4 Å². The summed E-state index contributed by atoms with van der Waals surface area (Å²) >= 11 is 1.33. The molecular formula is C32H34N4O10S2. The predicted octanol–water partition coefficient (Wildman–Crippen LogP) is 4.00. The summed E-state index contributed by atoms with van der Waals surface area (Å²) < 4.78 is 31.5. The number of ether oxygens (including phenoxy) is 1. The zero-order chi connectivity index (χ0) is 35.0. The van der Waals surface area contributed by atoms with Crippen molar-refractivity contribution in [1.82, 2.24) is 10.2 Å². The molecule has 0 saturated carbocycles. The third kappa shape index (κ3) is 9.62. The van der Waals surface area contributed by atoms with Gasteiger partial charge in [0, 0.05) is 49.7 Å². The van der Waals surface area contributed by atoms with E-state index in [2.05, 4.69) is 10.6 Å². The summed E-state index contributed by atoms with van der Waals surface area (Å²) in [5.74, 6) is -1.07. The van der Waals surface area contributed by atoms with Gasteiger partial charge in [-0.1, -0.05) is 42.5 Å². The number of anilines is 1. The monoisotopic (exact) mass is 698 g/mol. The Bertz CT molecular complexity index is 1810. The van der Waals surface area contributed by atoms with E-state index in [4.69, 9.17) is 9.29 Å². The van der Waals surface area contributed by atoms with Gasteiger partial charge in [0.25, 0.3) is 15.8 Å². The van der Waals surface area contributed by atoms with Gasteiger partial charge in [0.1, 0.15) is 6.61 Å². The van der Waals surface area contributed by atoms with Crippen molar-refractivity contribution < 1.29 is 41.8 Å². The highest BCUT2D eigenvalue weighted by molar-refractivity contribution is 8.00. The lowest BCUT2D eigenvalue weighted by molar-refractivity contribution is -0.384. The number of benzene rings is 3. The molecule has 5 rings (SSSR count). The second-order valence-corrected chi connectivity index (χ2v) is 13.5. The van der Waals surface area contributed by atoms with Gasteiger partial charge in [-0.2, -0.15) is 20.2 Å². The first-order chi connectivity index (χ1) is 22.7. The number of hydrogen-bond donors (Lipinski definition) is 3. The molecule has 14 nitrogen and oxygen atoms in total. The van der Waals surface area contributed by atoms with Crippen LogP contribution >= 0.6 is 11.8 Å². The Morgan fingerprint density at radius 3 is 2.38 bits per heavy atom. The zero-order valence-electron chi connectivity index (χ0n) is 26.1. The molecule has 2 atom stereocenters. The molecule has 0 aromatic heterocycles. The maximum atomic E-state index is 12.7. The molecule has 3 aromatic rings. The number of rotatable bonds is 11. The summed E-state index contributed by atoms with van der Waals surface area (Å²) in [6.07, 6.45) is 2.56. The van der Waals surface area contributed by atoms with Crippen LogP contribution in [0.25, 0.3) is 11.1 Å². The third-order valence-electron chi connectivity index (χ3n) is 7.60. The highest BCUT2D eigenvalue weighted by Gasteiger charge is 2.38. The van der Waals surface area contributed by atoms with E-state index in [1.807, 2.05) is 36.4 Å². The summed E-state index contributed by atoms with van der Waals surface area (Å²) in [5.41, 5.74) is 5.35. The molecule has 0 bridgehead atoms. The fraction of sp³-hybridized carbons (Fsp3) is 0.312. The number of thioether (sulfide) groups is 1. The van der Waals surface area contributed by atoms with Crippen molar-refractivity contribution in [3.63, 3.8) is 0 Å². The number of hydrogen-bond acceptors (Lipinski definition) is 10. The van der Waals surface area contributed by atoms with Crippen molar-refractivity contribution >= 4 is 57.1 Å². The highest BCUT2D eigenvalue weighted by Crippen LogP contribution is 2.45. The van der Waals surface area contributed by atoms with Crippen LogP contribution in [0.4, 0.5) is 16.2 Å². The number of nitrogens with zero attached hydrogens (tertiary/aromatic N) is 2. The maximum absolute atomic E-state index is 12.7. The van der Waals surface area contributed by atoms with Crippen molar-refractivity contribution in [2.75, 3.05) is 37.5 Å². The van der Waals surface area contributed by atoms with Crippen molar-refractivity contribution in [3.05, 3.63) is 93.5 Å². The molecule has 16 heteroatoms. The molecule has 1 saturated heterocycles. The number of nitro benzene ring substituents is 1. The molecule has 1 aliphatic heterocycles. The number of alkyl carbamates (subject to hydrolysis) is 1. The largest absolute Gasteiger partial charge is 0.449 e. The average molecular weight is 699 g/mol. The second kappa shape index (κ2) is 15.9. The minimum atomic E-state index is -3.67. The second-order valence-electron chi connectivity index (χ2n) is 11.0. The minimum absolute atomic E-state index is 0.00961. The first-order valence-electron chi connectivity index (χ1n) is 14.7. The van der Waals surface area contributed by atoms with Crippen LogP contribution in [-0.4, -0.2) is 84.1 Å². The number of likely N-dealkylation sites (tertiary alicyclic amines) is 1. The lowest BCUT2D eigenvalue weighted by atomic mass is 9.97. The number of carbonyl (C=O) groups excluding carboxylic acids is 4. The minimum Gasteiger partial charge on any atom is -0.449 e.